The van der Waals surface area contributed by atoms with E-state index < -0.39 is 6.16 Å². The van der Waals surface area contributed by atoms with Gasteiger partial charge in [0.15, 0.2) is 0 Å². The molecular weight excluding hydrogens is 192 g/mol. The molecule has 0 radical (unpaired) electrons. The second-order valence-electron chi connectivity index (χ2n) is 5.57. The van der Waals surface area contributed by atoms with Crippen LogP contribution >= 0.6 is 0 Å². The molecule has 15 heavy (non-hydrogen) atoms. The fraction of sp³-hybridized carbons (Fsp3) is 0.917. The van der Waals surface area contributed by atoms with Crippen LogP contribution in [0.3, 0.4) is 0 Å². The Kier molecular flexibility index (Phi) is 2.44. The van der Waals surface area contributed by atoms with Crippen LogP contribution in [0.25, 0.3) is 0 Å². The van der Waals surface area contributed by atoms with Gasteiger partial charge in [0.25, 0.3) is 0 Å². The molecule has 0 aromatic carbocycles. The summed E-state index contributed by atoms with van der Waals surface area (Å²) in [7, 11) is 1.36. The second-order valence-corrected chi connectivity index (χ2v) is 5.57. The summed E-state index contributed by atoms with van der Waals surface area (Å²) in [5.74, 6) is 1.88. The maximum absolute atomic E-state index is 11.1. The summed E-state index contributed by atoms with van der Waals surface area (Å²) in [5.41, 5.74) is 0.440. The largest absolute Gasteiger partial charge is 0.508 e. The van der Waals surface area contributed by atoms with Crippen LogP contribution in [0.15, 0.2) is 0 Å². The van der Waals surface area contributed by atoms with Gasteiger partial charge in [-0.15, -0.1) is 0 Å². The van der Waals surface area contributed by atoms with E-state index in [2.05, 4.69) is 25.5 Å². The van der Waals surface area contributed by atoms with Crippen LogP contribution in [0.5, 0.6) is 0 Å². The van der Waals surface area contributed by atoms with Gasteiger partial charge in [0.2, 0.25) is 0 Å². The third-order valence-corrected chi connectivity index (χ3v) is 4.70. The summed E-state index contributed by atoms with van der Waals surface area (Å²) >= 11 is 0. The predicted octanol–water partition coefficient (Wildman–Crippen LogP) is 2.84. The van der Waals surface area contributed by atoms with E-state index in [4.69, 9.17) is 4.74 Å². The monoisotopic (exact) mass is 212 g/mol. The number of carbonyl (C=O) groups excluding carboxylic acids is 1. The van der Waals surface area contributed by atoms with E-state index in [1.54, 1.807) is 0 Å². The average molecular weight is 212 g/mol. The molecule has 0 amide bonds. The lowest BCUT2D eigenvalue weighted by Gasteiger charge is -2.61. The Morgan fingerprint density at radius 2 is 2.00 bits per heavy atom. The standard InChI is InChI=1S/C12H20O3/c1-7-9-5-8(12(9,2)3)6-10(7)15-11(13)14-4/h7-10H,5-6H2,1-4H3. The Hall–Kier alpha value is -0.730. The van der Waals surface area contributed by atoms with E-state index in [-0.39, 0.29) is 6.10 Å². The SMILES string of the molecule is COC(=O)OC1CC2CC(C1C)C2(C)C. The Morgan fingerprint density at radius 1 is 1.33 bits per heavy atom. The van der Waals surface area contributed by atoms with Gasteiger partial charge in [-0.05, 0) is 36.0 Å². The average Bonchev–Trinajstić information content (AvgIpc) is 2.19. The molecule has 0 N–H and O–H groups in total. The third kappa shape index (κ3) is 1.52. The van der Waals surface area contributed by atoms with Gasteiger partial charge in [-0.25, -0.2) is 4.79 Å². The molecule has 0 heterocycles. The molecule has 3 heteroatoms. The van der Waals surface area contributed by atoms with E-state index in [1.165, 1.54) is 13.5 Å². The van der Waals surface area contributed by atoms with Crippen LogP contribution in [-0.4, -0.2) is 19.4 Å². The first-order valence-corrected chi connectivity index (χ1v) is 5.71. The minimum atomic E-state index is -0.536. The lowest BCUT2D eigenvalue weighted by atomic mass is 9.45. The number of fused-ring (bicyclic) bond motifs is 2. The van der Waals surface area contributed by atoms with Crippen molar-refractivity contribution < 1.29 is 14.3 Å². The van der Waals surface area contributed by atoms with Gasteiger partial charge in [-0.1, -0.05) is 20.8 Å². The molecule has 3 aliphatic carbocycles. The summed E-state index contributed by atoms with van der Waals surface area (Å²) in [4.78, 5) is 11.1. The van der Waals surface area contributed by atoms with Gasteiger partial charge in [-0.3, -0.25) is 0 Å². The number of hydrogen-bond acceptors (Lipinski definition) is 3. The number of methoxy groups -OCH3 is 1. The Balaban J connectivity index is 1.99. The minimum Gasteiger partial charge on any atom is -0.438 e. The molecule has 3 rings (SSSR count). The van der Waals surface area contributed by atoms with E-state index in [1.807, 2.05) is 0 Å². The van der Waals surface area contributed by atoms with Crippen molar-refractivity contribution >= 4 is 6.16 Å². The molecule has 0 aromatic heterocycles. The number of carbonyl (C=O) groups is 1. The maximum atomic E-state index is 11.1. The van der Waals surface area contributed by atoms with Crippen molar-refractivity contribution in [2.24, 2.45) is 23.2 Å². The van der Waals surface area contributed by atoms with Crippen molar-refractivity contribution in [1.82, 2.24) is 0 Å². The molecular formula is C12H20O3. The summed E-state index contributed by atoms with van der Waals surface area (Å²) in [5, 5.41) is 0. The van der Waals surface area contributed by atoms with Crippen molar-refractivity contribution in [1.29, 1.82) is 0 Å². The minimum absolute atomic E-state index is 0.0641. The van der Waals surface area contributed by atoms with Crippen LogP contribution in [0.1, 0.15) is 33.6 Å². The quantitative estimate of drug-likeness (QED) is 0.627. The topological polar surface area (TPSA) is 35.5 Å². The first-order valence-electron chi connectivity index (χ1n) is 5.71. The van der Waals surface area contributed by atoms with E-state index in [9.17, 15) is 4.79 Å². The van der Waals surface area contributed by atoms with Crippen molar-refractivity contribution in [3.8, 4) is 0 Å². The Morgan fingerprint density at radius 3 is 2.47 bits per heavy atom. The molecule has 3 saturated carbocycles. The van der Waals surface area contributed by atoms with Gasteiger partial charge < -0.3 is 9.47 Å². The van der Waals surface area contributed by atoms with Crippen LogP contribution in [0, 0.1) is 23.2 Å². The van der Waals surface area contributed by atoms with E-state index >= 15 is 0 Å². The van der Waals surface area contributed by atoms with Gasteiger partial charge in [0, 0.05) is 0 Å². The number of rotatable bonds is 1. The smallest absolute Gasteiger partial charge is 0.438 e. The summed E-state index contributed by atoms with van der Waals surface area (Å²) in [6.45, 7) is 6.85. The zero-order valence-electron chi connectivity index (χ0n) is 9.95. The summed E-state index contributed by atoms with van der Waals surface area (Å²) < 4.78 is 9.83. The van der Waals surface area contributed by atoms with E-state index in [0.717, 1.165) is 6.42 Å². The van der Waals surface area contributed by atoms with Crippen LogP contribution in [-0.2, 0) is 9.47 Å². The molecule has 0 saturated heterocycles. The highest BCUT2D eigenvalue weighted by Gasteiger charge is 2.57. The molecule has 0 spiro atoms. The van der Waals surface area contributed by atoms with Crippen LogP contribution in [0.4, 0.5) is 4.79 Å². The number of ether oxygens (including phenoxy) is 2. The Labute approximate surface area is 91.1 Å². The highest BCUT2D eigenvalue weighted by atomic mass is 16.7. The molecule has 0 aliphatic heterocycles. The number of hydrogen-bond donors (Lipinski definition) is 0. The maximum Gasteiger partial charge on any atom is 0.508 e. The molecule has 2 bridgehead atoms. The van der Waals surface area contributed by atoms with Crippen LogP contribution in [0.2, 0.25) is 0 Å². The van der Waals surface area contributed by atoms with Crippen LogP contribution < -0.4 is 0 Å². The van der Waals surface area contributed by atoms with Gasteiger partial charge in [-0.2, -0.15) is 0 Å². The van der Waals surface area contributed by atoms with Crippen molar-refractivity contribution in [3.63, 3.8) is 0 Å². The molecule has 0 aromatic rings. The van der Waals surface area contributed by atoms with Crippen molar-refractivity contribution in [3.05, 3.63) is 0 Å². The van der Waals surface area contributed by atoms with Crippen molar-refractivity contribution in [2.45, 2.75) is 39.7 Å². The highest BCUT2D eigenvalue weighted by molar-refractivity contribution is 5.59. The summed E-state index contributed by atoms with van der Waals surface area (Å²) in [6.07, 6.45) is 1.83. The molecule has 4 unspecified atom stereocenters. The normalized spacial score (nSPS) is 41.6. The zero-order chi connectivity index (χ0) is 11.2. The highest BCUT2D eigenvalue weighted by Crippen LogP contribution is 2.61. The lowest BCUT2D eigenvalue weighted by molar-refractivity contribution is -0.160. The van der Waals surface area contributed by atoms with Gasteiger partial charge in [0.05, 0.1) is 7.11 Å². The molecule has 86 valence electrons. The van der Waals surface area contributed by atoms with Gasteiger partial charge in [0.1, 0.15) is 6.10 Å². The first kappa shape index (κ1) is 10.8. The summed E-state index contributed by atoms with van der Waals surface area (Å²) in [6, 6.07) is 0. The fourth-order valence-corrected chi connectivity index (χ4v) is 3.43. The third-order valence-electron chi connectivity index (χ3n) is 4.70. The molecule has 3 fully saturated rings. The first-order chi connectivity index (χ1) is 6.96. The van der Waals surface area contributed by atoms with Crippen molar-refractivity contribution in [2.75, 3.05) is 7.11 Å². The molecule has 3 aliphatic rings. The lowest BCUT2D eigenvalue weighted by Crippen LogP contribution is -2.57. The van der Waals surface area contributed by atoms with E-state index in [0.29, 0.717) is 23.2 Å². The zero-order valence-corrected chi connectivity index (χ0v) is 9.95. The molecule has 4 atom stereocenters. The molecule has 3 nitrogen and oxygen atoms in total. The Bertz CT molecular complexity index is 272. The fourth-order valence-electron chi connectivity index (χ4n) is 3.43. The van der Waals surface area contributed by atoms with Gasteiger partial charge >= 0.3 is 6.16 Å². The predicted molar refractivity (Wildman–Crippen MR) is 56.4 cm³/mol. The second kappa shape index (κ2) is 3.39.